The summed E-state index contributed by atoms with van der Waals surface area (Å²) in [6.45, 7) is 0. The maximum absolute atomic E-state index is 14.5. The Morgan fingerprint density at radius 1 is 0.929 bits per heavy atom. The molecule has 3 rings (SSSR count). The number of carbonyl (C=O) groups is 1. The van der Waals surface area contributed by atoms with E-state index < -0.39 is 46.7 Å². The van der Waals surface area contributed by atoms with Gasteiger partial charge in [0.2, 0.25) is 5.78 Å². The topological polar surface area (TPSA) is 52.1 Å². The van der Waals surface area contributed by atoms with E-state index in [-0.39, 0.29) is 17.1 Å². The number of Topliss-reactive ketones (excluding diaryl/α,β-unsaturated/α-hetero) is 1. The number of carbonyl (C=O) groups excluding carboxylic acids is 1. The van der Waals surface area contributed by atoms with E-state index in [1.165, 1.54) is 0 Å². The van der Waals surface area contributed by atoms with Gasteiger partial charge in [0.25, 0.3) is 0 Å². The third-order valence-electron chi connectivity index (χ3n) is 3.53. The van der Waals surface area contributed by atoms with Crippen LogP contribution in [0.25, 0.3) is 11.0 Å². The summed E-state index contributed by atoms with van der Waals surface area (Å²) >= 11 is 0. The molecule has 4 nitrogen and oxygen atoms in total. The molecule has 1 aromatic heterocycles. The summed E-state index contributed by atoms with van der Waals surface area (Å²) in [7, 11) is 0. The summed E-state index contributed by atoms with van der Waals surface area (Å²) in [5.41, 5.74) is -2.67. The Bertz CT molecular complexity index is 1070. The van der Waals surface area contributed by atoms with Gasteiger partial charge in [-0.2, -0.15) is 8.78 Å². The number of benzene rings is 2. The summed E-state index contributed by atoms with van der Waals surface area (Å²) in [5, 5.41) is 0. The lowest BCUT2D eigenvalue weighted by molar-refractivity contribution is -0.274. The fourth-order valence-electron chi connectivity index (χ4n) is 2.30. The van der Waals surface area contributed by atoms with E-state index >= 15 is 0 Å². The van der Waals surface area contributed by atoms with Crippen molar-refractivity contribution in [3.8, 4) is 5.75 Å². The Morgan fingerprint density at radius 3 is 2.29 bits per heavy atom. The van der Waals surface area contributed by atoms with Crippen LogP contribution in [-0.4, -0.2) is 22.1 Å². The van der Waals surface area contributed by atoms with Gasteiger partial charge in [-0.25, -0.2) is 13.8 Å². The quantitative estimate of drug-likeness (QED) is 0.464. The molecule has 146 valence electrons. The SMILES string of the molecule is O=C(c1ccc(F)cc1F)C(F)(F)c1cnc2cc(OC(F)(F)F)ccc2n1. The van der Waals surface area contributed by atoms with Gasteiger partial charge in [-0.3, -0.25) is 9.78 Å². The highest BCUT2D eigenvalue weighted by atomic mass is 19.4. The predicted molar refractivity (Wildman–Crippen MR) is 80.8 cm³/mol. The van der Waals surface area contributed by atoms with Crippen LogP contribution in [0, 0.1) is 11.6 Å². The van der Waals surface area contributed by atoms with Crippen molar-refractivity contribution in [3.05, 3.63) is 65.5 Å². The maximum Gasteiger partial charge on any atom is 0.573 e. The van der Waals surface area contributed by atoms with Crippen LogP contribution in [0.15, 0.2) is 42.6 Å². The van der Waals surface area contributed by atoms with Crippen molar-refractivity contribution >= 4 is 16.8 Å². The number of halogens is 7. The summed E-state index contributed by atoms with van der Waals surface area (Å²) < 4.78 is 95.8. The number of rotatable bonds is 4. The number of fused-ring (bicyclic) bond motifs is 1. The highest BCUT2D eigenvalue weighted by Crippen LogP contribution is 2.33. The third-order valence-corrected chi connectivity index (χ3v) is 3.53. The summed E-state index contributed by atoms with van der Waals surface area (Å²) in [4.78, 5) is 19.1. The van der Waals surface area contributed by atoms with Crippen LogP contribution < -0.4 is 4.74 Å². The van der Waals surface area contributed by atoms with Crippen LogP contribution >= 0.6 is 0 Å². The lowest BCUT2D eigenvalue weighted by atomic mass is 10.0. The first-order valence-corrected chi connectivity index (χ1v) is 7.38. The molecule has 0 atom stereocenters. The van der Waals surface area contributed by atoms with E-state index in [2.05, 4.69) is 14.7 Å². The van der Waals surface area contributed by atoms with Crippen molar-refractivity contribution in [1.29, 1.82) is 0 Å². The first kappa shape index (κ1) is 19.5. The molecule has 0 aliphatic heterocycles. The fraction of sp³-hybridized carbons (Fsp3) is 0.118. The number of ketones is 1. The molecule has 0 bridgehead atoms. The highest BCUT2D eigenvalue weighted by molar-refractivity contribution is 6.02. The summed E-state index contributed by atoms with van der Waals surface area (Å²) in [5.74, 6) is -9.47. The highest BCUT2D eigenvalue weighted by Gasteiger charge is 2.44. The first-order valence-electron chi connectivity index (χ1n) is 7.38. The first-order chi connectivity index (χ1) is 13.0. The molecule has 2 aromatic carbocycles. The minimum Gasteiger partial charge on any atom is -0.406 e. The van der Waals surface area contributed by atoms with Crippen LogP contribution in [0.4, 0.5) is 30.7 Å². The molecule has 28 heavy (non-hydrogen) atoms. The molecule has 0 aliphatic carbocycles. The van der Waals surface area contributed by atoms with Gasteiger partial charge in [-0.15, -0.1) is 13.2 Å². The Morgan fingerprint density at radius 2 is 1.64 bits per heavy atom. The van der Waals surface area contributed by atoms with Crippen molar-refractivity contribution < 1.29 is 40.3 Å². The molecular weight excluding hydrogens is 397 g/mol. The minimum atomic E-state index is -4.96. The van der Waals surface area contributed by atoms with Gasteiger partial charge in [0.1, 0.15) is 23.1 Å². The maximum atomic E-state index is 14.5. The number of aromatic nitrogens is 2. The Hall–Kier alpha value is -3.24. The van der Waals surface area contributed by atoms with Crippen LogP contribution in [-0.2, 0) is 5.92 Å². The zero-order valence-corrected chi connectivity index (χ0v) is 13.4. The molecule has 11 heteroatoms. The van der Waals surface area contributed by atoms with E-state index in [0.29, 0.717) is 18.3 Å². The van der Waals surface area contributed by atoms with Crippen LogP contribution in [0.3, 0.4) is 0 Å². The van der Waals surface area contributed by atoms with Crippen LogP contribution in [0.1, 0.15) is 16.1 Å². The molecule has 3 aromatic rings. The molecule has 0 aliphatic rings. The Kier molecular flexibility index (Phi) is 4.69. The molecule has 0 spiro atoms. The Balaban J connectivity index is 1.97. The summed E-state index contributed by atoms with van der Waals surface area (Å²) in [6, 6.07) is 4.06. The molecule has 0 N–H and O–H groups in total. The van der Waals surface area contributed by atoms with E-state index in [1.54, 1.807) is 0 Å². The number of hydrogen-bond acceptors (Lipinski definition) is 4. The van der Waals surface area contributed by atoms with Gasteiger partial charge >= 0.3 is 12.3 Å². The van der Waals surface area contributed by atoms with Crippen LogP contribution in [0.2, 0.25) is 0 Å². The van der Waals surface area contributed by atoms with Crippen LogP contribution in [0.5, 0.6) is 5.75 Å². The second-order valence-electron chi connectivity index (χ2n) is 5.48. The second kappa shape index (κ2) is 6.73. The zero-order valence-electron chi connectivity index (χ0n) is 13.4. The normalized spacial score (nSPS) is 12.2. The lowest BCUT2D eigenvalue weighted by Crippen LogP contribution is -2.28. The predicted octanol–water partition coefficient (Wildman–Crippen LogP) is 4.78. The largest absolute Gasteiger partial charge is 0.573 e. The lowest BCUT2D eigenvalue weighted by Gasteiger charge is -2.15. The van der Waals surface area contributed by atoms with Crippen molar-refractivity contribution in [3.63, 3.8) is 0 Å². The number of hydrogen-bond donors (Lipinski definition) is 0. The minimum absolute atomic E-state index is 0.207. The fourth-order valence-corrected chi connectivity index (χ4v) is 2.30. The Labute approximate surface area is 151 Å². The van der Waals surface area contributed by atoms with Crippen molar-refractivity contribution in [2.75, 3.05) is 0 Å². The molecule has 0 saturated carbocycles. The molecule has 0 radical (unpaired) electrons. The number of ether oxygens (including phenoxy) is 1. The average Bonchev–Trinajstić information content (AvgIpc) is 2.59. The summed E-state index contributed by atoms with van der Waals surface area (Å²) in [6.07, 6.45) is -4.49. The molecule has 0 fully saturated rings. The molecule has 0 unspecified atom stereocenters. The van der Waals surface area contributed by atoms with E-state index in [9.17, 15) is 35.5 Å². The average molecular weight is 404 g/mol. The van der Waals surface area contributed by atoms with Gasteiger partial charge in [0.05, 0.1) is 22.8 Å². The van der Waals surface area contributed by atoms with E-state index in [1.807, 2.05) is 0 Å². The second-order valence-corrected chi connectivity index (χ2v) is 5.48. The van der Waals surface area contributed by atoms with Gasteiger partial charge in [0.15, 0.2) is 0 Å². The van der Waals surface area contributed by atoms with E-state index in [4.69, 9.17) is 0 Å². The molecule has 0 amide bonds. The number of alkyl halides is 5. The van der Waals surface area contributed by atoms with E-state index in [0.717, 1.165) is 18.2 Å². The van der Waals surface area contributed by atoms with Crippen molar-refractivity contribution in [2.24, 2.45) is 0 Å². The van der Waals surface area contributed by atoms with Crippen molar-refractivity contribution in [1.82, 2.24) is 9.97 Å². The van der Waals surface area contributed by atoms with Gasteiger partial charge in [-0.05, 0) is 24.3 Å². The number of nitrogens with zero attached hydrogens (tertiary/aromatic N) is 2. The smallest absolute Gasteiger partial charge is 0.406 e. The molecular formula is C17H7F7N2O2. The van der Waals surface area contributed by atoms with Gasteiger partial charge < -0.3 is 4.74 Å². The standard InChI is InChI=1S/C17H7F7N2O2/c18-8-1-3-10(11(19)5-8)15(27)16(20,21)14-7-25-13-6-9(28-17(22,23)24)2-4-12(13)26-14/h1-7H. The molecule has 0 saturated heterocycles. The van der Waals surface area contributed by atoms with Crippen molar-refractivity contribution in [2.45, 2.75) is 12.3 Å². The molecule has 1 heterocycles. The zero-order chi connectivity index (χ0) is 20.7. The third kappa shape index (κ3) is 3.87. The van der Waals surface area contributed by atoms with Gasteiger partial charge in [0, 0.05) is 12.1 Å². The monoisotopic (exact) mass is 404 g/mol. The van der Waals surface area contributed by atoms with Gasteiger partial charge in [-0.1, -0.05) is 0 Å².